The average Bonchev–Trinajstić information content (AvgIpc) is 2.60. The summed E-state index contributed by atoms with van der Waals surface area (Å²) < 4.78 is 4.68. The summed E-state index contributed by atoms with van der Waals surface area (Å²) >= 11 is 12.1. The van der Waals surface area contributed by atoms with Crippen LogP contribution in [-0.2, 0) is 9.53 Å². The van der Waals surface area contributed by atoms with E-state index < -0.39 is 5.97 Å². The third-order valence-electron chi connectivity index (χ3n) is 3.60. The fourth-order valence-electron chi connectivity index (χ4n) is 2.17. The van der Waals surface area contributed by atoms with Crippen LogP contribution in [0.2, 0.25) is 10.0 Å². The number of carbonyl (C=O) groups is 2. The van der Waals surface area contributed by atoms with Crippen molar-refractivity contribution in [3.05, 3.63) is 57.6 Å². The summed E-state index contributed by atoms with van der Waals surface area (Å²) in [6.07, 6.45) is 0.227. The van der Waals surface area contributed by atoms with Gasteiger partial charge in [0.1, 0.15) is 0 Å². The molecule has 0 spiro atoms. The molecule has 2 aromatic rings. The third-order valence-corrected chi connectivity index (χ3v) is 4.34. The monoisotopic (exact) mass is 380 g/mol. The van der Waals surface area contributed by atoms with Crippen molar-refractivity contribution in [3.8, 4) is 0 Å². The van der Waals surface area contributed by atoms with Gasteiger partial charge in [0.25, 0.3) is 0 Å². The topological polar surface area (TPSA) is 67.4 Å². The van der Waals surface area contributed by atoms with Gasteiger partial charge >= 0.3 is 5.97 Å². The van der Waals surface area contributed by atoms with Crippen LogP contribution < -0.4 is 10.6 Å². The van der Waals surface area contributed by atoms with Gasteiger partial charge in [-0.25, -0.2) is 4.79 Å². The van der Waals surface area contributed by atoms with Gasteiger partial charge in [-0.15, -0.1) is 0 Å². The van der Waals surface area contributed by atoms with Crippen molar-refractivity contribution < 1.29 is 14.3 Å². The quantitative estimate of drug-likeness (QED) is 0.722. The van der Waals surface area contributed by atoms with E-state index in [1.165, 1.54) is 7.11 Å². The first-order chi connectivity index (χ1) is 11.9. The van der Waals surface area contributed by atoms with Crippen molar-refractivity contribution >= 4 is 46.5 Å². The van der Waals surface area contributed by atoms with Gasteiger partial charge in [0.15, 0.2) is 0 Å². The maximum absolute atomic E-state index is 12.1. The fourth-order valence-corrected chi connectivity index (χ4v) is 2.53. The number of rotatable bonds is 6. The lowest BCUT2D eigenvalue weighted by Crippen LogP contribution is -2.17. The normalized spacial score (nSPS) is 10.2. The second-order valence-electron chi connectivity index (χ2n) is 5.32. The van der Waals surface area contributed by atoms with Crippen LogP contribution in [0, 0.1) is 6.92 Å². The molecule has 2 N–H and O–H groups in total. The highest BCUT2D eigenvalue weighted by atomic mass is 35.5. The molecule has 25 heavy (non-hydrogen) atoms. The number of ether oxygens (including phenoxy) is 1. The third kappa shape index (κ3) is 5.11. The van der Waals surface area contributed by atoms with Crippen molar-refractivity contribution in [2.75, 3.05) is 24.3 Å². The van der Waals surface area contributed by atoms with E-state index in [0.29, 0.717) is 33.5 Å². The van der Waals surface area contributed by atoms with Crippen LogP contribution in [0.3, 0.4) is 0 Å². The van der Waals surface area contributed by atoms with Crippen molar-refractivity contribution in [3.63, 3.8) is 0 Å². The minimum Gasteiger partial charge on any atom is -0.465 e. The Balaban J connectivity index is 1.93. The molecule has 0 fully saturated rings. The van der Waals surface area contributed by atoms with Crippen molar-refractivity contribution in [2.45, 2.75) is 13.3 Å². The molecule has 1 amide bonds. The summed E-state index contributed by atoms with van der Waals surface area (Å²) in [6.45, 7) is 2.20. The summed E-state index contributed by atoms with van der Waals surface area (Å²) in [7, 11) is 1.31. The minimum atomic E-state index is -0.450. The molecular weight excluding hydrogens is 363 g/mol. The van der Waals surface area contributed by atoms with Crippen molar-refractivity contribution in [2.24, 2.45) is 0 Å². The molecule has 2 aromatic carbocycles. The Morgan fingerprint density at radius 2 is 1.84 bits per heavy atom. The lowest BCUT2D eigenvalue weighted by atomic mass is 10.2. The van der Waals surface area contributed by atoms with E-state index >= 15 is 0 Å². The Morgan fingerprint density at radius 3 is 2.56 bits per heavy atom. The van der Waals surface area contributed by atoms with Crippen LogP contribution in [0.5, 0.6) is 0 Å². The lowest BCUT2D eigenvalue weighted by molar-refractivity contribution is -0.115. The summed E-state index contributed by atoms with van der Waals surface area (Å²) in [6, 6.07) is 10.1. The summed E-state index contributed by atoms with van der Waals surface area (Å²) in [5.41, 5.74) is 2.45. The zero-order chi connectivity index (χ0) is 18.4. The number of methoxy groups -OCH3 is 1. The predicted molar refractivity (Wildman–Crippen MR) is 101 cm³/mol. The van der Waals surface area contributed by atoms with Gasteiger partial charge in [0.05, 0.1) is 23.4 Å². The maximum Gasteiger partial charge on any atom is 0.337 e. The first-order valence-corrected chi connectivity index (χ1v) is 8.34. The summed E-state index contributed by atoms with van der Waals surface area (Å²) in [5.74, 6) is -0.605. The molecule has 2 rings (SSSR count). The maximum atomic E-state index is 12.1. The molecule has 0 bridgehead atoms. The Kier molecular flexibility index (Phi) is 6.67. The number of nitrogens with one attached hydrogen (secondary N) is 2. The van der Waals surface area contributed by atoms with Crippen molar-refractivity contribution in [1.82, 2.24) is 0 Å². The van der Waals surface area contributed by atoms with Crippen molar-refractivity contribution in [1.29, 1.82) is 0 Å². The van der Waals surface area contributed by atoms with Crippen LogP contribution in [-0.4, -0.2) is 25.5 Å². The Bertz CT molecular complexity index is 794. The molecule has 0 aromatic heterocycles. The van der Waals surface area contributed by atoms with Gasteiger partial charge in [-0.2, -0.15) is 0 Å². The van der Waals surface area contributed by atoms with E-state index in [4.69, 9.17) is 23.2 Å². The number of carbonyl (C=O) groups excluding carboxylic acids is 2. The van der Waals surface area contributed by atoms with Crippen LogP contribution in [0.1, 0.15) is 22.3 Å². The van der Waals surface area contributed by atoms with Gasteiger partial charge in [0, 0.05) is 23.7 Å². The minimum absolute atomic E-state index is 0.155. The van der Waals surface area contributed by atoms with Crippen LogP contribution in [0.15, 0.2) is 36.4 Å². The SMILES string of the molecule is COC(=O)c1ccc(Cl)c(NCCC(=O)Nc2cccc(Cl)c2C)c1. The number of anilines is 2. The molecule has 0 saturated carbocycles. The zero-order valence-electron chi connectivity index (χ0n) is 13.9. The Morgan fingerprint density at radius 1 is 1.08 bits per heavy atom. The van der Waals surface area contributed by atoms with E-state index in [1.54, 1.807) is 36.4 Å². The van der Waals surface area contributed by atoms with E-state index in [0.717, 1.165) is 5.56 Å². The van der Waals surface area contributed by atoms with Gasteiger partial charge in [-0.05, 0) is 42.8 Å². The van der Waals surface area contributed by atoms with E-state index in [9.17, 15) is 9.59 Å². The molecule has 0 atom stereocenters. The van der Waals surface area contributed by atoms with Gasteiger partial charge in [-0.3, -0.25) is 4.79 Å². The predicted octanol–water partition coefficient (Wildman–Crippen LogP) is 4.53. The van der Waals surface area contributed by atoms with Gasteiger partial charge < -0.3 is 15.4 Å². The molecule has 0 saturated heterocycles. The first-order valence-electron chi connectivity index (χ1n) is 7.59. The molecular formula is C18H18Cl2N2O3. The fraction of sp³-hybridized carbons (Fsp3) is 0.222. The second kappa shape index (κ2) is 8.74. The molecule has 5 nitrogen and oxygen atoms in total. The highest BCUT2D eigenvalue weighted by Gasteiger charge is 2.10. The van der Waals surface area contributed by atoms with E-state index in [1.807, 2.05) is 6.92 Å². The molecule has 0 radical (unpaired) electrons. The molecule has 0 aliphatic rings. The number of halogens is 2. The largest absolute Gasteiger partial charge is 0.465 e. The highest BCUT2D eigenvalue weighted by molar-refractivity contribution is 6.33. The van der Waals surface area contributed by atoms with Gasteiger partial charge in [-0.1, -0.05) is 29.3 Å². The first kappa shape index (κ1) is 19.1. The molecule has 0 aliphatic carbocycles. The number of benzene rings is 2. The summed E-state index contributed by atoms with van der Waals surface area (Å²) in [4.78, 5) is 23.6. The number of amides is 1. The number of hydrogen-bond donors (Lipinski definition) is 2. The van der Waals surface area contributed by atoms with Crippen LogP contribution in [0.4, 0.5) is 11.4 Å². The van der Waals surface area contributed by atoms with Gasteiger partial charge in [0.2, 0.25) is 5.91 Å². The molecule has 0 aliphatic heterocycles. The smallest absolute Gasteiger partial charge is 0.337 e. The molecule has 132 valence electrons. The molecule has 7 heteroatoms. The Hall–Kier alpha value is -2.24. The number of esters is 1. The highest BCUT2D eigenvalue weighted by Crippen LogP contribution is 2.24. The lowest BCUT2D eigenvalue weighted by Gasteiger charge is -2.11. The van der Waals surface area contributed by atoms with E-state index in [-0.39, 0.29) is 12.3 Å². The van der Waals surface area contributed by atoms with Crippen LogP contribution in [0.25, 0.3) is 0 Å². The number of hydrogen-bond acceptors (Lipinski definition) is 4. The summed E-state index contributed by atoms with van der Waals surface area (Å²) in [5, 5.41) is 6.93. The van der Waals surface area contributed by atoms with Crippen LogP contribution >= 0.6 is 23.2 Å². The molecule has 0 unspecified atom stereocenters. The second-order valence-corrected chi connectivity index (χ2v) is 6.14. The molecule has 0 heterocycles. The Labute approximate surface area is 156 Å². The average molecular weight is 381 g/mol. The standard InChI is InChI=1S/C18H18Cl2N2O3/c1-11-13(19)4-3-5-15(11)22-17(23)8-9-21-16-10-12(18(24)25-2)6-7-14(16)20/h3-7,10,21H,8-9H2,1-2H3,(H,22,23). The zero-order valence-corrected chi connectivity index (χ0v) is 15.4. The van der Waals surface area contributed by atoms with E-state index in [2.05, 4.69) is 15.4 Å².